The summed E-state index contributed by atoms with van der Waals surface area (Å²) in [5, 5.41) is 3.61. The third-order valence-corrected chi connectivity index (χ3v) is 3.18. The molecule has 1 aromatic carbocycles. The minimum absolute atomic E-state index is 0.0666. The van der Waals surface area contributed by atoms with E-state index in [1.54, 1.807) is 7.11 Å². The number of benzene rings is 1. The highest BCUT2D eigenvalue weighted by Crippen LogP contribution is 2.18. The molecule has 0 amide bonds. The Morgan fingerprint density at radius 3 is 2.29 bits per heavy atom. The SMILES string of the molecule is COC(C)(C)CC(C)N[C@@H](C)c1ccccc1. The average molecular weight is 235 g/mol. The van der Waals surface area contributed by atoms with Gasteiger partial charge in [0.2, 0.25) is 0 Å². The molecule has 0 saturated carbocycles. The monoisotopic (exact) mass is 235 g/mol. The van der Waals surface area contributed by atoms with Crippen LogP contribution in [0.2, 0.25) is 0 Å². The van der Waals surface area contributed by atoms with Gasteiger partial charge in [-0.3, -0.25) is 0 Å². The Labute approximate surface area is 105 Å². The van der Waals surface area contributed by atoms with E-state index in [9.17, 15) is 0 Å². The second kappa shape index (κ2) is 6.18. The molecule has 1 aromatic rings. The molecule has 96 valence electrons. The Morgan fingerprint density at radius 1 is 1.18 bits per heavy atom. The molecule has 2 atom stereocenters. The molecule has 17 heavy (non-hydrogen) atoms. The summed E-state index contributed by atoms with van der Waals surface area (Å²) in [6.07, 6.45) is 1.00. The van der Waals surface area contributed by atoms with E-state index in [4.69, 9.17) is 4.74 Å². The van der Waals surface area contributed by atoms with E-state index < -0.39 is 0 Å². The first-order valence-electron chi connectivity index (χ1n) is 6.31. The molecule has 1 unspecified atom stereocenters. The highest BCUT2D eigenvalue weighted by Gasteiger charge is 2.21. The van der Waals surface area contributed by atoms with E-state index in [-0.39, 0.29) is 5.60 Å². The molecule has 2 nitrogen and oxygen atoms in total. The largest absolute Gasteiger partial charge is 0.379 e. The average Bonchev–Trinajstić information content (AvgIpc) is 2.29. The molecule has 0 radical (unpaired) electrons. The van der Waals surface area contributed by atoms with Gasteiger partial charge in [-0.1, -0.05) is 30.3 Å². The van der Waals surface area contributed by atoms with Crippen LogP contribution >= 0.6 is 0 Å². The molecule has 0 saturated heterocycles. The van der Waals surface area contributed by atoms with Crippen molar-refractivity contribution in [2.24, 2.45) is 0 Å². The Balaban J connectivity index is 2.49. The molecule has 2 heteroatoms. The third-order valence-electron chi connectivity index (χ3n) is 3.18. The molecule has 0 aliphatic carbocycles. The zero-order chi connectivity index (χ0) is 12.9. The molecule has 0 heterocycles. The summed E-state index contributed by atoms with van der Waals surface area (Å²) < 4.78 is 5.46. The fourth-order valence-electron chi connectivity index (χ4n) is 2.14. The van der Waals surface area contributed by atoms with E-state index in [0.717, 1.165) is 6.42 Å². The van der Waals surface area contributed by atoms with Gasteiger partial charge in [0.1, 0.15) is 0 Å². The van der Waals surface area contributed by atoms with E-state index in [1.807, 2.05) is 6.07 Å². The smallest absolute Gasteiger partial charge is 0.0637 e. The first-order valence-corrected chi connectivity index (χ1v) is 6.31. The molecule has 0 spiro atoms. The summed E-state index contributed by atoms with van der Waals surface area (Å²) in [4.78, 5) is 0. The van der Waals surface area contributed by atoms with Crippen molar-refractivity contribution in [3.63, 3.8) is 0 Å². The van der Waals surface area contributed by atoms with Crippen LogP contribution in [-0.4, -0.2) is 18.8 Å². The molecule has 0 aliphatic heterocycles. The van der Waals surface area contributed by atoms with Crippen LogP contribution in [0.3, 0.4) is 0 Å². The van der Waals surface area contributed by atoms with Gasteiger partial charge in [-0.25, -0.2) is 0 Å². The Kier molecular flexibility index (Phi) is 5.16. The lowest BCUT2D eigenvalue weighted by Gasteiger charge is -2.29. The zero-order valence-electron chi connectivity index (χ0n) is 11.7. The van der Waals surface area contributed by atoms with Gasteiger partial charge in [-0.05, 0) is 39.7 Å². The van der Waals surface area contributed by atoms with Gasteiger partial charge in [-0.15, -0.1) is 0 Å². The highest BCUT2D eigenvalue weighted by atomic mass is 16.5. The Bertz CT molecular complexity index is 321. The number of rotatable bonds is 6. The molecule has 0 aliphatic rings. The van der Waals surface area contributed by atoms with Crippen LogP contribution in [0.5, 0.6) is 0 Å². The summed E-state index contributed by atoms with van der Waals surface area (Å²) >= 11 is 0. The molecule has 0 bridgehead atoms. The maximum absolute atomic E-state index is 5.46. The van der Waals surface area contributed by atoms with Gasteiger partial charge in [0, 0.05) is 19.2 Å². The molecular formula is C15H25NO. The van der Waals surface area contributed by atoms with Gasteiger partial charge in [0.15, 0.2) is 0 Å². The van der Waals surface area contributed by atoms with Crippen molar-refractivity contribution in [3.05, 3.63) is 35.9 Å². The Hall–Kier alpha value is -0.860. The number of methoxy groups -OCH3 is 1. The van der Waals surface area contributed by atoms with Crippen LogP contribution in [0.25, 0.3) is 0 Å². The minimum atomic E-state index is -0.0666. The van der Waals surface area contributed by atoms with Gasteiger partial charge in [-0.2, -0.15) is 0 Å². The first-order chi connectivity index (χ1) is 7.94. The quantitative estimate of drug-likeness (QED) is 0.814. The van der Waals surface area contributed by atoms with Crippen molar-refractivity contribution in [3.8, 4) is 0 Å². The number of nitrogens with one attached hydrogen (secondary N) is 1. The van der Waals surface area contributed by atoms with Crippen molar-refractivity contribution >= 4 is 0 Å². The second-order valence-electron chi connectivity index (χ2n) is 5.37. The summed E-state index contributed by atoms with van der Waals surface area (Å²) in [6, 6.07) is 11.3. The van der Waals surface area contributed by atoms with Crippen LogP contribution < -0.4 is 5.32 Å². The van der Waals surface area contributed by atoms with Gasteiger partial charge >= 0.3 is 0 Å². The Morgan fingerprint density at radius 2 is 1.76 bits per heavy atom. The minimum Gasteiger partial charge on any atom is -0.379 e. The maximum Gasteiger partial charge on any atom is 0.0637 e. The van der Waals surface area contributed by atoms with E-state index >= 15 is 0 Å². The molecule has 1 N–H and O–H groups in total. The highest BCUT2D eigenvalue weighted by molar-refractivity contribution is 5.18. The molecule has 0 aromatic heterocycles. The van der Waals surface area contributed by atoms with E-state index in [0.29, 0.717) is 12.1 Å². The van der Waals surface area contributed by atoms with Gasteiger partial charge in [0.05, 0.1) is 5.60 Å². The normalized spacial score (nSPS) is 15.6. The lowest BCUT2D eigenvalue weighted by Crippen LogP contribution is -2.36. The molecular weight excluding hydrogens is 210 g/mol. The number of ether oxygens (including phenoxy) is 1. The summed E-state index contributed by atoms with van der Waals surface area (Å²) in [5.74, 6) is 0. The van der Waals surface area contributed by atoms with E-state index in [1.165, 1.54) is 5.56 Å². The predicted octanol–water partition coefficient (Wildman–Crippen LogP) is 3.54. The van der Waals surface area contributed by atoms with Crippen LogP contribution in [0.15, 0.2) is 30.3 Å². The third kappa shape index (κ3) is 4.88. The number of hydrogen-bond donors (Lipinski definition) is 1. The summed E-state index contributed by atoms with van der Waals surface area (Å²) in [5.41, 5.74) is 1.26. The number of hydrogen-bond acceptors (Lipinski definition) is 2. The lowest BCUT2D eigenvalue weighted by molar-refractivity contribution is 0.00782. The zero-order valence-corrected chi connectivity index (χ0v) is 11.7. The standard InChI is InChI=1S/C15H25NO/c1-12(11-15(3,4)17-5)16-13(2)14-9-7-6-8-10-14/h6-10,12-13,16H,11H2,1-5H3/t12?,13-/m0/s1. The maximum atomic E-state index is 5.46. The summed E-state index contributed by atoms with van der Waals surface area (Å²) in [6.45, 7) is 8.66. The lowest BCUT2D eigenvalue weighted by atomic mass is 9.98. The topological polar surface area (TPSA) is 21.3 Å². The van der Waals surface area contributed by atoms with Crippen molar-refractivity contribution in [1.82, 2.24) is 5.32 Å². The van der Waals surface area contributed by atoms with E-state index in [2.05, 4.69) is 57.3 Å². The summed E-state index contributed by atoms with van der Waals surface area (Å²) in [7, 11) is 1.77. The van der Waals surface area contributed by atoms with Crippen LogP contribution in [0, 0.1) is 0 Å². The van der Waals surface area contributed by atoms with Crippen molar-refractivity contribution in [2.75, 3.05) is 7.11 Å². The fourth-order valence-corrected chi connectivity index (χ4v) is 2.14. The molecule has 1 rings (SSSR count). The predicted molar refractivity (Wildman–Crippen MR) is 73.2 cm³/mol. The van der Waals surface area contributed by atoms with Crippen molar-refractivity contribution in [2.45, 2.75) is 51.8 Å². The van der Waals surface area contributed by atoms with Crippen LogP contribution in [0.4, 0.5) is 0 Å². The van der Waals surface area contributed by atoms with Crippen molar-refractivity contribution in [1.29, 1.82) is 0 Å². The first kappa shape index (κ1) is 14.2. The van der Waals surface area contributed by atoms with Gasteiger partial charge < -0.3 is 10.1 Å². The fraction of sp³-hybridized carbons (Fsp3) is 0.600. The molecule has 0 fully saturated rings. The van der Waals surface area contributed by atoms with Crippen LogP contribution in [-0.2, 0) is 4.74 Å². The van der Waals surface area contributed by atoms with Crippen LogP contribution in [0.1, 0.15) is 45.7 Å². The second-order valence-corrected chi connectivity index (χ2v) is 5.37. The van der Waals surface area contributed by atoms with Gasteiger partial charge in [0.25, 0.3) is 0 Å². The van der Waals surface area contributed by atoms with Crippen molar-refractivity contribution < 1.29 is 4.74 Å².